The summed E-state index contributed by atoms with van der Waals surface area (Å²) in [4.78, 5) is 0. The van der Waals surface area contributed by atoms with Gasteiger partial charge in [-0.2, -0.15) is 0 Å². The monoisotopic (exact) mass is 157 g/mol. The smallest absolute Gasteiger partial charge is 0.0709 e. The van der Waals surface area contributed by atoms with Gasteiger partial charge in [-0.05, 0) is 5.41 Å². The zero-order valence-electron chi connectivity index (χ0n) is 7.72. The Labute approximate surface area is 69.0 Å². The molecule has 11 heavy (non-hydrogen) atoms. The van der Waals surface area contributed by atoms with E-state index in [1.807, 2.05) is 0 Å². The predicted molar refractivity (Wildman–Crippen MR) is 46.4 cm³/mol. The molecule has 2 nitrogen and oxygen atoms in total. The van der Waals surface area contributed by atoms with Crippen molar-refractivity contribution >= 4 is 0 Å². The summed E-state index contributed by atoms with van der Waals surface area (Å²) in [7, 11) is 0. The minimum Gasteiger partial charge on any atom is -0.391 e. The Morgan fingerprint density at radius 3 is 2.45 bits per heavy atom. The molecule has 0 radical (unpaired) electrons. The molecule has 0 unspecified atom stereocenters. The minimum absolute atomic E-state index is 0.134. The molecule has 0 aromatic rings. The molecule has 1 rings (SSSR count). The van der Waals surface area contributed by atoms with E-state index < -0.39 is 0 Å². The lowest BCUT2D eigenvalue weighted by atomic mass is 9.75. The van der Waals surface area contributed by atoms with Crippen molar-refractivity contribution in [3.8, 4) is 0 Å². The summed E-state index contributed by atoms with van der Waals surface area (Å²) in [5.74, 6) is 0.437. The minimum atomic E-state index is -0.134. The van der Waals surface area contributed by atoms with Crippen LogP contribution >= 0.6 is 0 Å². The maximum atomic E-state index is 9.59. The second-order valence-corrected chi connectivity index (χ2v) is 4.17. The Balaban J connectivity index is 2.58. The number of aliphatic hydroxyl groups is 1. The van der Waals surface area contributed by atoms with Crippen molar-refractivity contribution in [1.82, 2.24) is 5.32 Å². The third-order valence-electron chi connectivity index (χ3n) is 3.10. The van der Waals surface area contributed by atoms with E-state index in [9.17, 15) is 5.11 Å². The van der Waals surface area contributed by atoms with Gasteiger partial charge in [0.1, 0.15) is 0 Å². The third kappa shape index (κ3) is 1.74. The molecule has 0 aliphatic carbocycles. The number of hydrogen-bond donors (Lipinski definition) is 2. The lowest BCUT2D eigenvalue weighted by molar-refractivity contribution is 0.0703. The van der Waals surface area contributed by atoms with Crippen molar-refractivity contribution in [2.75, 3.05) is 13.1 Å². The van der Waals surface area contributed by atoms with E-state index in [4.69, 9.17) is 0 Å². The van der Waals surface area contributed by atoms with E-state index >= 15 is 0 Å². The molecule has 66 valence electrons. The molecule has 0 aromatic heterocycles. The highest BCUT2D eigenvalue weighted by Gasteiger charge is 2.36. The number of rotatable bonds is 2. The first-order valence-corrected chi connectivity index (χ1v) is 4.46. The van der Waals surface area contributed by atoms with Crippen molar-refractivity contribution in [1.29, 1.82) is 0 Å². The average molecular weight is 157 g/mol. The van der Waals surface area contributed by atoms with Gasteiger partial charge >= 0.3 is 0 Å². The van der Waals surface area contributed by atoms with Crippen molar-refractivity contribution < 1.29 is 5.11 Å². The summed E-state index contributed by atoms with van der Waals surface area (Å²) in [5.41, 5.74) is 0.281. The van der Waals surface area contributed by atoms with Gasteiger partial charge in [0.2, 0.25) is 0 Å². The highest BCUT2D eigenvalue weighted by molar-refractivity contribution is 4.89. The zero-order chi connectivity index (χ0) is 8.48. The first-order chi connectivity index (χ1) is 5.08. The molecular formula is C9H19NO. The Kier molecular flexibility index (Phi) is 2.55. The lowest BCUT2D eigenvalue weighted by Gasteiger charge is -2.31. The Bertz CT molecular complexity index is 134. The van der Waals surface area contributed by atoms with E-state index in [-0.39, 0.29) is 11.5 Å². The highest BCUT2D eigenvalue weighted by Crippen LogP contribution is 2.34. The second-order valence-electron chi connectivity index (χ2n) is 4.17. The van der Waals surface area contributed by atoms with E-state index in [1.165, 1.54) is 0 Å². The molecule has 0 amide bonds. The first-order valence-electron chi connectivity index (χ1n) is 4.46. The van der Waals surface area contributed by atoms with Gasteiger partial charge in [-0.3, -0.25) is 0 Å². The van der Waals surface area contributed by atoms with E-state index in [1.54, 1.807) is 0 Å². The van der Waals surface area contributed by atoms with E-state index in [2.05, 4.69) is 26.1 Å². The first kappa shape index (κ1) is 9.01. The SMILES string of the molecule is CCC(C)(C)[C@@H]1CNC[C@H]1O. The summed E-state index contributed by atoms with van der Waals surface area (Å²) in [6.07, 6.45) is 1.00. The van der Waals surface area contributed by atoms with Gasteiger partial charge in [-0.15, -0.1) is 0 Å². The number of aliphatic hydroxyl groups excluding tert-OH is 1. The summed E-state index contributed by atoms with van der Waals surface area (Å²) < 4.78 is 0. The molecular weight excluding hydrogens is 138 g/mol. The molecule has 1 saturated heterocycles. The van der Waals surface area contributed by atoms with Gasteiger partial charge < -0.3 is 10.4 Å². The quantitative estimate of drug-likeness (QED) is 0.627. The highest BCUT2D eigenvalue weighted by atomic mass is 16.3. The normalized spacial score (nSPS) is 32.7. The second kappa shape index (κ2) is 3.11. The van der Waals surface area contributed by atoms with Crippen molar-refractivity contribution in [3.63, 3.8) is 0 Å². The van der Waals surface area contributed by atoms with Gasteiger partial charge in [0, 0.05) is 19.0 Å². The van der Waals surface area contributed by atoms with Gasteiger partial charge in [-0.25, -0.2) is 0 Å². The van der Waals surface area contributed by atoms with Crippen LogP contribution in [0.5, 0.6) is 0 Å². The number of β-amino-alcohol motifs (C(OH)–C–C–N with tert-alkyl or cyclic N) is 1. The summed E-state index contributed by atoms with van der Waals surface area (Å²) in [5, 5.41) is 12.8. The fraction of sp³-hybridized carbons (Fsp3) is 1.00. The summed E-state index contributed by atoms with van der Waals surface area (Å²) in [6.45, 7) is 8.39. The fourth-order valence-electron chi connectivity index (χ4n) is 1.72. The van der Waals surface area contributed by atoms with Crippen LogP contribution in [0.3, 0.4) is 0 Å². The Morgan fingerprint density at radius 2 is 2.09 bits per heavy atom. The largest absolute Gasteiger partial charge is 0.391 e. The van der Waals surface area contributed by atoms with Gasteiger partial charge in [0.05, 0.1) is 6.10 Å². The van der Waals surface area contributed by atoms with Crippen LogP contribution in [0.25, 0.3) is 0 Å². The molecule has 1 aliphatic rings. The zero-order valence-corrected chi connectivity index (χ0v) is 7.72. The molecule has 2 heteroatoms. The van der Waals surface area contributed by atoms with Gasteiger partial charge in [0.25, 0.3) is 0 Å². The van der Waals surface area contributed by atoms with Crippen molar-refractivity contribution in [2.24, 2.45) is 11.3 Å². The third-order valence-corrected chi connectivity index (χ3v) is 3.10. The molecule has 2 N–H and O–H groups in total. The van der Waals surface area contributed by atoms with Crippen LogP contribution in [-0.4, -0.2) is 24.3 Å². The van der Waals surface area contributed by atoms with E-state index in [0.29, 0.717) is 5.92 Å². The molecule has 0 spiro atoms. The van der Waals surface area contributed by atoms with Crippen LogP contribution in [0.15, 0.2) is 0 Å². The summed E-state index contributed by atoms with van der Waals surface area (Å²) in [6, 6.07) is 0. The van der Waals surface area contributed by atoms with Crippen LogP contribution in [0, 0.1) is 11.3 Å². The maximum absolute atomic E-state index is 9.59. The number of hydrogen-bond acceptors (Lipinski definition) is 2. The summed E-state index contributed by atoms with van der Waals surface area (Å²) >= 11 is 0. The Morgan fingerprint density at radius 1 is 1.45 bits per heavy atom. The van der Waals surface area contributed by atoms with Crippen molar-refractivity contribution in [3.05, 3.63) is 0 Å². The standard InChI is InChI=1S/C9H19NO/c1-4-9(2,3)7-5-10-6-8(7)11/h7-8,10-11H,4-6H2,1-3H3/t7-,8-/m1/s1. The topological polar surface area (TPSA) is 32.3 Å². The van der Waals surface area contributed by atoms with Crippen molar-refractivity contribution in [2.45, 2.75) is 33.3 Å². The van der Waals surface area contributed by atoms with Gasteiger partial charge in [-0.1, -0.05) is 27.2 Å². The number of nitrogens with one attached hydrogen (secondary N) is 1. The maximum Gasteiger partial charge on any atom is 0.0709 e. The van der Waals surface area contributed by atoms with Gasteiger partial charge in [0.15, 0.2) is 0 Å². The van der Waals surface area contributed by atoms with Crippen LogP contribution in [-0.2, 0) is 0 Å². The van der Waals surface area contributed by atoms with Crippen LogP contribution < -0.4 is 5.32 Å². The lowest BCUT2D eigenvalue weighted by Crippen LogP contribution is -2.32. The van der Waals surface area contributed by atoms with Crippen LogP contribution in [0.2, 0.25) is 0 Å². The molecule has 0 saturated carbocycles. The van der Waals surface area contributed by atoms with Crippen LogP contribution in [0.4, 0.5) is 0 Å². The van der Waals surface area contributed by atoms with Crippen LogP contribution in [0.1, 0.15) is 27.2 Å². The fourth-order valence-corrected chi connectivity index (χ4v) is 1.72. The molecule has 1 fully saturated rings. The molecule has 1 heterocycles. The molecule has 0 bridgehead atoms. The molecule has 0 aromatic carbocycles. The van der Waals surface area contributed by atoms with E-state index in [0.717, 1.165) is 19.5 Å². The molecule has 1 aliphatic heterocycles. The predicted octanol–water partition coefficient (Wildman–Crippen LogP) is 1.00. The molecule has 2 atom stereocenters. The average Bonchev–Trinajstić information content (AvgIpc) is 2.36. The Hall–Kier alpha value is -0.0800.